The van der Waals surface area contributed by atoms with E-state index in [1.54, 1.807) is 19.1 Å². The third kappa shape index (κ3) is 5.24. The van der Waals surface area contributed by atoms with Crippen LogP contribution in [0.1, 0.15) is 24.9 Å². The Morgan fingerprint density at radius 1 is 1.19 bits per heavy atom. The number of hydrogen-bond acceptors (Lipinski definition) is 3. The molecule has 1 N–H and O–H groups in total. The molecule has 27 heavy (non-hydrogen) atoms. The zero-order chi connectivity index (χ0) is 20.2. The van der Waals surface area contributed by atoms with Gasteiger partial charge in [-0.1, -0.05) is 29.8 Å². The van der Waals surface area contributed by atoms with Gasteiger partial charge in [0, 0.05) is 20.0 Å². The predicted molar refractivity (Wildman–Crippen MR) is 98.8 cm³/mol. The number of rotatable bonds is 7. The van der Waals surface area contributed by atoms with E-state index in [0.29, 0.717) is 5.56 Å². The van der Waals surface area contributed by atoms with Crippen LogP contribution < -0.4 is 4.72 Å². The zero-order valence-electron chi connectivity index (χ0n) is 14.7. The zero-order valence-corrected chi connectivity index (χ0v) is 16.3. The molecule has 0 radical (unpaired) electrons. The molecule has 0 bridgehead atoms. The quantitative estimate of drug-likeness (QED) is 0.751. The predicted octanol–water partition coefficient (Wildman–Crippen LogP) is 3.51. The van der Waals surface area contributed by atoms with Crippen molar-refractivity contribution in [3.8, 4) is 0 Å². The van der Waals surface area contributed by atoms with Gasteiger partial charge in [0.1, 0.15) is 4.90 Å². The van der Waals surface area contributed by atoms with Crippen LogP contribution in [-0.2, 0) is 14.8 Å². The fraction of sp³-hybridized carbons (Fsp3) is 0.278. The third-order valence-electron chi connectivity index (χ3n) is 4.16. The van der Waals surface area contributed by atoms with Crippen LogP contribution in [0.5, 0.6) is 0 Å². The van der Waals surface area contributed by atoms with E-state index in [1.807, 2.05) is 0 Å². The van der Waals surface area contributed by atoms with E-state index < -0.39 is 27.7 Å². The van der Waals surface area contributed by atoms with Crippen molar-refractivity contribution in [1.29, 1.82) is 0 Å². The van der Waals surface area contributed by atoms with E-state index in [0.717, 1.165) is 12.1 Å². The van der Waals surface area contributed by atoms with Crippen molar-refractivity contribution in [1.82, 2.24) is 9.62 Å². The number of halogens is 3. The summed E-state index contributed by atoms with van der Waals surface area (Å²) in [5.41, 5.74) is 0.432. The average molecular weight is 417 g/mol. The lowest BCUT2D eigenvalue weighted by Crippen LogP contribution is -2.33. The first kappa shape index (κ1) is 21.3. The van der Waals surface area contributed by atoms with Crippen LogP contribution in [0, 0.1) is 11.6 Å². The van der Waals surface area contributed by atoms with Gasteiger partial charge < -0.3 is 4.90 Å². The molecule has 0 aliphatic carbocycles. The summed E-state index contributed by atoms with van der Waals surface area (Å²) in [5, 5.41) is 0.0837. The number of sulfonamides is 1. The summed E-state index contributed by atoms with van der Waals surface area (Å²) >= 11 is 5.88. The van der Waals surface area contributed by atoms with Crippen LogP contribution in [0.3, 0.4) is 0 Å². The fourth-order valence-corrected chi connectivity index (χ4v) is 3.97. The molecule has 1 unspecified atom stereocenters. The second-order valence-electron chi connectivity index (χ2n) is 5.93. The van der Waals surface area contributed by atoms with Gasteiger partial charge in [0.05, 0.1) is 11.1 Å². The molecule has 2 rings (SSSR count). The monoisotopic (exact) mass is 416 g/mol. The first-order valence-corrected chi connectivity index (χ1v) is 9.94. The molecule has 1 amide bonds. The van der Waals surface area contributed by atoms with Crippen molar-refractivity contribution < 1.29 is 22.0 Å². The first-order chi connectivity index (χ1) is 12.6. The number of benzene rings is 2. The van der Waals surface area contributed by atoms with Crippen LogP contribution in [0.2, 0.25) is 5.02 Å². The Bertz CT molecular complexity index is 938. The van der Waals surface area contributed by atoms with Gasteiger partial charge in [-0.15, -0.1) is 0 Å². The second-order valence-corrected chi connectivity index (χ2v) is 8.07. The van der Waals surface area contributed by atoms with Crippen LogP contribution in [0.4, 0.5) is 8.78 Å². The van der Waals surface area contributed by atoms with E-state index in [2.05, 4.69) is 4.72 Å². The Morgan fingerprint density at radius 3 is 2.48 bits per heavy atom. The van der Waals surface area contributed by atoms with Crippen LogP contribution in [0.15, 0.2) is 47.4 Å². The van der Waals surface area contributed by atoms with Crippen molar-refractivity contribution in [3.05, 3.63) is 64.7 Å². The summed E-state index contributed by atoms with van der Waals surface area (Å²) in [4.78, 5) is 13.6. The molecular formula is C18H19ClF2N2O3S. The van der Waals surface area contributed by atoms with Crippen LogP contribution in [-0.4, -0.2) is 32.8 Å². The molecule has 0 saturated heterocycles. The highest BCUT2D eigenvalue weighted by Gasteiger charge is 2.21. The Balaban J connectivity index is 1.96. The van der Waals surface area contributed by atoms with Crippen LogP contribution >= 0.6 is 11.6 Å². The molecule has 9 heteroatoms. The second kappa shape index (κ2) is 8.77. The molecule has 0 aromatic heterocycles. The maximum Gasteiger partial charge on any atom is 0.242 e. The van der Waals surface area contributed by atoms with E-state index in [-0.39, 0.29) is 28.8 Å². The Hall–Kier alpha value is -2.03. The minimum absolute atomic E-state index is 0.0670. The van der Waals surface area contributed by atoms with Gasteiger partial charge in [0.2, 0.25) is 15.9 Å². The molecule has 0 aliphatic rings. The lowest BCUT2D eigenvalue weighted by molar-refractivity contribution is -0.131. The van der Waals surface area contributed by atoms with E-state index in [1.165, 1.54) is 30.1 Å². The molecule has 1 atom stereocenters. The Morgan fingerprint density at radius 2 is 1.85 bits per heavy atom. The SMILES string of the molecule is CC(c1ccc(F)c(F)c1)N(C)C(=O)CCNS(=O)(=O)c1ccccc1Cl. The summed E-state index contributed by atoms with van der Waals surface area (Å²) in [6.07, 6.45) is -0.103. The maximum atomic E-state index is 13.4. The van der Waals surface area contributed by atoms with E-state index in [4.69, 9.17) is 11.6 Å². The highest BCUT2D eigenvalue weighted by Crippen LogP contribution is 2.22. The minimum atomic E-state index is -3.84. The summed E-state index contributed by atoms with van der Waals surface area (Å²) in [5.74, 6) is -2.31. The normalized spacial score (nSPS) is 12.6. The summed E-state index contributed by atoms with van der Waals surface area (Å²) < 4.78 is 53.2. The Kier molecular flexibility index (Phi) is 6.91. The Labute approximate surface area is 162 Å². The number of nitrogens with one attached hydrogen (secondary N) is 1. The topological polar surface area (TPSA) is 66.5 Å². The molecule has 0 spiro atoms. The van der Waals surface area contributed by atoms with E-state index in [9.17, 15) is 22.0 Å². The summed E-state index contributed by atoms with van der Waals surface area (Å²) in [6, 6.07) is 8.89. The molecule has 0 aliphatic heterocycles. The lowest BCUT2D eigenvalue weighted by atomic mass is 10.1. The first-order valence-electron chi connectivity index (χ1n) is 8.08. The molecular weight excluding hydrogens is 398 g/mol. The van der Waals surface area contributed by atoms with E-state index >= 15 is 0 Å². The van der Waals surface area contributed by atoms with Crippen molar-refractivity contribution in [2.24, 2.45) is 0 Å². The fourth-order valence-electron chi connectivity index (χ4n) is 2.42. The van der Waals surface area contributed by atoms with Crippen molar-refractivity contribution >= 4 is 27.5 Å². The minimum Gasteiger partial charge on any atom is -0.339 e. The molecule has 0 heterocycles. The van der Waals surface area contributed by atoms with Gasteiger partial charge in [-0.05, 0) is 36.8 Å². The third-order valence-corrected chi connectivity index (χ3v) is 6.12. The maximum absolute atomic E-state index is 13.4. The average Bonchev–Trinajstić information content (AvgIpc) is 2.62. The number of amides is 1. The van der Waals surface area contributed by atoms with Gasteiger partial charge in [-0.25, -0.2) is 21.9 Å². The highest BCUT2D eigenvalue weighted by atomic mass is 35.5. The summed E-state index contributed by atoms with van der Waals surface area (Å²) in [6.45, 7) is 1.54. The molecule has 5 nitrogen and oxygen atoms in total. The smallest absolute Gasteiger partial charge is 0.242 e. The van der Waals surface area contributed by atoms with Gasteiger partial charge in [0.15, 0.2) is 11.6 Å². The highest BCUT2D eigenvalue weighted by molar-refractivity contribution is 7.89. The van der Waals surface area contributed by atoms with Gasteiger partial charge in [0.25, 0.3) is 0 Å². The number of carbonyl (C=O) groups excluding carboxylic acids is 1. The van der Waals surface area contributed by atoms with Gasteiger partial charge >= 0.3 is 0 Å². The lowest BCUT2D eigenvalue weighted by Gasteiger charge is -2.25. The molecule has 0 saturated carbocycles. The molecule has 2 aromatic rings. The van der Waals surface area contributed by atoms with Gasteiger partial charge in [-0.3, -0.25) is 4.79 Å². The van der Waals surface area contributed by atoms with Crippen molar-refractivity contribution in [2.75, 3.05) is 13.6 Å². The number of nitrogens with zero attached hydrogens (tertiary/aromatic N) is 1. The largest absolute Gasteiger partial charge is 0.339 e. The standard InChI is InChI=1S/C18H19ClF2N2O3S/c1-12(13-7-8-15(20)16(21)11-13)23(2)18(24)9-10-22-27(25,26)17-6-4-3-5-14(17)19/h3-8,11-12,22H,9-10H2,1-2H3. The van der Waals surface area contributed by atoms with Crippen molar-refractivity contribution in [2.45, 2.75) is 24.3 Å². The van der Waals surface area contributed by atoms with Crippen LogP contribution in [0.25, 0.3) is 0 Å². The molecule has 146 valence electrons. The van der Waals surface area contributed by atoms with Gasteiger partial charge in [-0.2, -0.15) is 0 Å². The van der Waals surface area contributed by atoms with Crippen molar-refractivity contribution in [3.63, 3.8) is 0 Å². The molecule has 0 fully saturated rings. The number of carbonyl (C=O) groups is 1. The number of hydrogen-bond donors (Lipinski definition) is 1. The summed E-state index contributed by atoms with van der Waals surface area (Å²) in [7, 11) is -2.33. The molecule has 2 aromatic carbocycles.